The Hall–Kier alpha value is -6.55. The van der Waals surface area contributed by atoms with Crippen LogP contribution in [-0.4, -0.2) is 61.6 Å². The third-order valence-electron chi connectivity index (χ3n) is 9.60. The summed E-state index contributed by atoms with van der Waals surface area (Å²) in [5, 5.41) is 54.4. The number of halogens is 9. The second-order valence-corrected chi connectivity index (χ2v) is 27.1. The van der Waals surface area contributed by atoms with E-state index in [-0.39, 0.29) is 93.5 Å². The minimum Gasteiger partial charge on any atom is -0.423 e. The molecule has 0 amide bonds. The topological polar surface area (TPSA) is 296 Å². The van der Waals surface area contributed by atoms with Gasteiger partial charge in [-0.1, -0.05) is 49.4 Å². The van der Waals surface area contributed by atoms with Gasteiger partial charge in [0.2, 0.25) is 11.9 Å². The van der Waals surface area contributed by atoms with E-state index in [0.717, 1.165) is 12.1 Å². The third kappa shape index (κ3) is 16.7. The molecule has 8 aromatic rings. The van der Waals surface area contributed by atoms with Gasteiger partial charge in [0, 0.05) is 107 Å². The van der Waals surface area contributed by atoms with E-state index < -0.39 is 52.8 Å². The van der Waals surface area contributed by atoms with Gasteiger partial charge in [0.05, 0.1) is 63.6 Å². The average molecular weight is 1270 g/mol. The number of fused-ring (bicyclic) bond motifs is 2. The average Bonchev–Trinajstić information content (AvgIpc) is 3.98. The summed E-state index contributed by atoms with van der Waals surface area (Å²) in [5.74, 6) is -1.95. The summed E-state index contributed by atoms with van der Waals surface area (Å²) >= 11 is 15.2. The van der Waals surface area contributed by atoms with Crippen LogP contribution in [0.1, 0.15) is 40.8 Å². The highest BCUT2D eigenvalue weighted by molar-refractivity contribution is 8.72. The van der Waals surface area contributed by atoms with Gasteiger partial charge in [0.25, 0.3) is 5.69 Å². The van der Waals surface area contributed by atoms with Crippen LogP contribution in [0.4, 0.5) is 58.4 Å². The van der Waals surface area contributed by atoms with Gasteiger partial charge in [-0.2, -0.15) is 57.0 Å². The van der Waals surface area contributed by atoms with Crippen molar-refractivity contribution in [1.29, 1.82) is 10.5 Å². The minimum absolute atomic E-state index is 0. The van der Waals surface area contributed by atoms with E-state index in [1.165, 1.54) is 94.1 Å². The van der Waals surface area contributed by atoms with Gasteiger partial charge in [-0.3, -0.25) is 10.1 Å². The molecule has 0 aliphatic carbocycles. The Morgan fingerprint density at radius 1 is 0.705 bits per heavy atom. The van der Waals surface area contributed by atoms with Crippen molar-refractivity contribution in [2.24, 2.45) is 0 Å². The first kappa shape index (κ1) is 64.0. The van der Waals surface area contributed by atoms with Gasteiger partial charge in [0.15, 0.2) is 11.3 Å². The van der Waals surface area contributed by atoms with E-state index in [9.17, 15) is 45.2 Å². The number of nitro groups is 1. The third-order valence-corrected chi connectivity index (χ3v) is 23.2. The Morgan fingerprint density at radius 2 is 1.19 bits per heavy atom. The maximum absolute atomic E-state index is 14.7. The number of nitrogens with zero attached hydrogens (tertiary/aromatic N) is 11. The molecule has 8 rings (SSSR count). The first-order valence-corrected chi connectivity index (χ1v) is 31.1. The molecule has 37 heteroatoms. The molecular weight excluding hydrogens is 1240 g/mol. The molecule has 18 nitrogen and oxygen atoms in total. The molecule has 0 spiro atoms. The molecule has 4 aromatic carbocycles. The van der Waals surface area contributed by atoms with Crippen LogP contribution in [0.15, 0.2) is 85.2 Å². The van der Waals surface area contributed by atoms with Crippen LogP contribution in [0.3, 0.4) is 0 Å². The number of hydrogen-bond donors (Lipinski definition) is 5. The van der Waals surface area contributed by atoms with Crippen molar-refractivity contribution in [3.8, 4) is 23.4 Å². The fourth-order valence-electron chi connectivity index (χ4n) is 6.40. The number of nitrogens with two attached hydrogens (primary N) is 3. The van der Waals surface area contributed by atoms with Gasteiger partial charge in [-0.15, -0.1) is 0 Å². The molecule has 0 fully saturated rings. The molecule has 408 valence electrons. The van der Waals surface area contributed by atoms with Crippen molar-refractivity contribution < 1.29 is 50.1 Å². The van der Waals surface area contributed by atoms with Crippen molar-refractivity contribution in [2.75, 3.05) is 17.2 Å². The zero-order valence-corrected chi connectivity index (χ0v) is 45.6. The monoisotopic (exact) mass is 1270 g/mol. The van der Waals surface area contributed by atoms with Gasteiger partial charge in [0.1, 0.15) is 34.5 Å². The van der Waals surface area contributed by atoms with E-state index in [1.807, 2.05) is 0 Å². The van der Waals surface area contributed by atoms with E-state index in [0.29, 0.717) is 16.8 Å². The van der Waals surface area contributed by atoms with Gasteiger partial charge < -0.3 is 27.2 Å². The molecule has 0 aliphatic rings. The lowest BCUT2D eigenvalue weighted by atomic mass is 9.79. The summed E-state index contributed by atoms with van der Waals surface area (Å²) in [6.45, 7) is -0.180. The molecule has 0 radical (unpaired) electrons. The summed E-state index contributed by atoms with van der Waals surface area (Å²) in [4.78, 5) is 25.6. The molecule has 4 aromatic heterocycles. The SMILES string of the molecule is C.N#Cc1cccc(-c2nc(N)nc3c2cnn3Cc2ccc(N)c(C(F)(F)F)c2)c1F.N#Cc1cccc(B(O)O)c1F.Nc1nc(Cl)c2cnn(Cc3ccc([N+](=O)[O-])c(C(F)(F)F)c3)c2n1.S=S=S=S=S=S=S=S=S. The lowest BCUT2D eigenvalue weighted by Crippen LogP contribution is -2.33. The number of hydrogen-bond acceptors (Lipinski definition) is 17. The van der Waals surface area contributed by atoms with E-state index in [1.54, 1.807) is 56.5 Å². The van der Waals surface area contributed by atoms with E-state index >= 15 is 0 Å². The Kier molecular flexibility index (Phi) is 23.7. The number of nitriles is 2. The fraction of sp³-hybridized carbons (Fsp3) is 0.122. The molecule has 0 aliphatic heterocycles. The first-order chi connectivity index (χ1) is 36.4. The van der Waals surface area contributed by atoms with Crippen LogP contribution < -0.4 is 22.7 Å². The van der Waals surface area contributed by atoms with Crippen LogP contribution in [0.25, 0.3) is 33.3 Å². The van der Waals surface area contributed by atoms with Gasteiger partial charge in [-0.25, -0.2) is 28.1 Å². The Bertz CT molecular complexity index is 3940. The maximum atomic E-state index is 14.7. The summed E-state index contributed by atoms with van der Waals surface area (Å²) < 4.78 is 109. The summed E-state index contributed by atoms with van der Waals surface area (Å²) in [7, 11) is 9.02. The van der Waals surface area contributed by atoms with Gasteiger partial charge >= 0.3 is 19.5 Å². The number of alkyl halides is 6. The number of benzene rings is 4. The van der Waals surface area contributed by atoms with Crippen molar-refractivity contribution in [3.63, 3.8) is 0 Å². The summed E-state index contributed by atoms with van der Waals surface area (Å²) in [5.41, 5.74) is 13.4. The molecule has 0 atom stereocenters. The molecule has 0 saturated carbocycles. The molecular formula is C41H30BClF8N14O4S9. The predicted octanol–water partition coefficient (Wildman–Crippen LogP) is 6.76. The second-order valence-electron chi connectivity index (χ2n) is 14.4. The minimum atomic E-state index is -4.86. The molecule has 0 unspecified atom stereocenters. The van der Waals surface area contributed by atoms with E-state index in [4.69, 9.17) is 49.4 Å². The maximum Gasteiger partial charge on any atom is 0.491 e. The zero-order chi connectivity index (χ0) is 56.8. The van der Waals surface area contributed by atoms with Gasteiger partial charge in [-0.05, 0) is 47.5 Å². The number of anilines is 3. The number of rotatable bonds is 7. The quantitative estimate of drug-likeness (QED) is 0.0275. The molecule has 78 heavy (non-hydrogen) atoms. The number of nitro benzene ring substituents is 1. The Balaban J connectivity index is 0.000000248. The largest absolute Gasteiger partial charge is 0.491 e. The van der Waals surface area contributed by atoms with Crippen LogP contribution in [0.2, 0.25) is 5.15 Å². The highest BCUT2D eigenvalue weighted by atomic mass is 35.5. The fourth-order valence-corrected chi connectivity index (χ4v) is 20.3. The van der Waals surface area contributed by atoms with Crippen molar-refractivity contribution in [3.05, 3.63) is 145 Å². The normalized spacial score (nSPS) is 10.6. The number of aromatic nitrogens is 8. The lowest BCUT2D eigenvalue weighted by Gasteiger charge is -2.12. The zero-order valence-electron chi connectivity index (χ0n) is 37.5. The standard InChI is InChI=1S/C20H13F4N7.C13H8ClF3N6O2.C7H5BFNO2.CH4.S9/c21-16-11(7-25)2-1-3-12(16)17-13-8-28-31(18(13)30-19(27)29-17)9-10-4-5-15(26)14(6-10)20(22,23)24;14-10-7-4-19-22(11(7)21-12(18)20-10)5-6-1-2-9(23(24)25)8(3-6)13(15,16)17;9-7-5(4-10)2-1-3-6(7)8(11)12;;1-3-5-7-9-8-6-4-2/h1-6,8H,9,26H2,(H2,27,29,30);1-4H,5H2,(H2,18,20,21);1-3,11-12H;1H4;. The molecule has 4 heterocycles. The lowest BCUT2D eigenvalue weighted by molar-refractivity contribution is -0.388. The smallest absolute Gasteiger partial charge is 0.423 e. The summed E-state index contributed by atoms with van der Waals surface area (Å²) in [6, 6.07) is 17.7. The van der Waals surface area contributed by atoms with Crippen LogP contribution in [0, 0.1) is 44.4 Å². The van der Waals surface area contributed by atoms with Crippen LogP contribution in [-0.2, 0) is 110 Å². The van der Waals surface area contributed by atoms with Crippen molar-refractivity contribution in [1.82, 2.24) is 39.5 Å². The molecule has 8 N–H and O–H groups in total. The van der Waals surface area contributed by atoms with Crippen LogP contribution in [0.5, 0.6) is 0 Å². The Morgan fingerprint density at radius 3 is 1.72 bits per heavy atom. The molecule has 0 saturated heterocycles. The highest BCUT2D eigenvalue weighted by Gasteiger charge is 2.38. The van der Waals surface area contributed by atoms with Crippen molar-refractivity contribution in [2.45, 2.75) is 32.9 Å². The van der Waals surface area contributed by atoms with E-state index in [2.05, 4.69) is 52.5 Å². The Labute approximate surface area is 469 Å². The highest BCUT2D eigenvalue weighted by Crippen LogP contribution is 2.38. The van der Waals surface area contributed by atoms with Crippen LogP contribution >= 0.6 is 11.6 Å². The van der Waals surface area contributed by atoms with Crippen molar-refractivity contribution >= 4 is 154 Å². The second kappa shape index (κ2) is 28.9. The first-order valence-electron chi connectivity index (χ1n) is 20.0. The number of nitrogen functional groups attached to an aromatic ring is 3. The summed E-state index contributed by atoms with van der Waals surface area (Å²) in [6.07, 6.45) is -6.74. The predicted molar refractivity (Wildman–Crippen MR) is 301 cm³/mol. The molecule has 0 bridgehead atoms.